The lowest BCUT2D eigenvalue weighted by Crippen LogP contribution is -2.31. The van der Waals surface area contributed by atoms with Crippen molar-refractivity contribution in [2.45, 2.75) is 62.6 Å². The summed E-state index contributed by atoms with van der Waals surface area (Å²) in [7, 11) is 0. The molecule has 0 radical (unpaired) electrons. The predicted molar refractivity (Wildman–Crippen MR) is 67.3 cm³/mol. The van der Waals surface area contributed by atoms with Gasteiger partial charge < -0.3 is 5.32 Å². The van der Waals surface area contributed by atoms with E-state index in [1.807, 2.05) is 0 Å². The second-order valence-electron chi connectivity index (χ2n) is 4.38. The number of rotatable bonds is 0. The number of nitrogens with one attached hydrogen (secondary N) is 1. The fourth-order valence-electron chi connectivity index (χ4n) is 1.96. The van der Waals surface area contributed by atoms with E-state index in [0.29, 0.717) is 0 Å². The molecule has 1 N–H and O–H groups in total. The normalized spacial score (nSPS) is 27.0. The van der Waals surface area contributed by atoms with E-state index in [2.05, 4.69) is 21.2 Å². The minimum atomic E-state index is 0.0262. The molecule has 0 aromatic heterocycles. The van der Waals surface area contributed by atoms with Crippen LogP contribution in [-0.2, 0) is 4.79 Å². The van der Waals surface area contributed by atoms with Crippen molar-refractivity contribution >= 4 is 21.8 Å². The van der Waals surface area contributed by atoms with Gasteiger partial charge in [-0.3, -0.25) is 4.79 Å². The van der Waals surface area contributed by atoms with Crippen LogP contribution in [0.4, 0.5) is 0 Å². The molecule has 0 saturated carbocycles. The standard InChI is InChI=1S/C12H22BrNO/c13-11-9-7-5-3-1-2-4-6-8-10-14-12(11)15/h11H,1-10H2,(H,14,15). The minimum Gasteiger partial charge on any atom is -0.355 e. The fourth-order valence-corrected chi connectivity index (χ4v) is 2.45. The molecule has 1 amide bonds. The van der Waals surface area contributed by atoms with Crippen LogP contribution in [0.2, 0.25) is 0 Å². The van der Waals surface area contributed by atoms with E-state index < -0.39 is 0 Å². The molecule has 1 aliphatic rings. The third kappa shape index (κ3) is 6.18. The molecule has 1 unspecified atom stereocenters. The summed E-state index contributed by atoms with van der Waals surface area (Å²) in [5.41, 5.74) is 0. The molecule has 0 bridgehead atoms. The Kier molecular flexibility index (Phi) is 7.07. The Hall–Kier alpha value is -0.0500. The van der Waals surface area contributed by atoms with Crippen molar-refractivity contribution in [3.05, 3.63) is 0 Å². The Morgan fingerprint density at radius 1 is 0.933 bits per heavy atom. The zero-order chi connectivity index (χ0) is 10.9. The van der Waals surface area contributed by atoms with E-state index in [0.717, 1.165) is 19.4 Å². The zero-order valence-electron chi connectivity index (χ0n) is 9.43. The van der Waals surface area contributed by atoms with Gasteiger partial charge in [-0.05, 0) is 12.8 Å². The smallest absolute Gasteiger partial charge is 0.233 e. The van der Waals surface area contributed by atoms with Gasteiger partial charge in [0.05, 0.1) is 4.83 Å². The van der Waals surface area contributed by atoms with E-state index in [4.69, 9.17) is 0 Å². The first kappa shape index (κ1) is 13.0. The minimum absolute atomic E-state index is 0.0262. The fraction of sp³-hybridized carbons (Fsp3) is 0.917. The summed E-state index contributed by atoms with van der Waals surface area (Å²) < 4.78 is 0. The van der Waals surface area contributed by atoms with E-state index >= 15 is 0 Å². The average Bonchev–Trinajstić information content (AvgIpc) is 2.25. The maximum atomic E-state index is 11.6. The number of amides is 1. The predicted octanol–water partition coefficient (Wildman–Crippen LogP) is 3.39. The molecule has 1 rings (SSSR count). The topological polar surface area (TPSA) is 29.1 Å². The quantitative estimate of drug-likeness (QED) is 0.675. The van der Waals surface area contributed by atoms with Crippen molar-refractivity contribution in [3.8, 4) is 0 Å². The zero-order valence-corrected chi connectivity index (χ0v) is 11.0. The Bertz CT molecular complexity index is 184. The molecule has 0 aliphatic carbocycles. The Morgan fingerprint density at radius 2 is 1.47 bits per heavy atom. The summed E-state index contributed by atoms with van der Waals surface area (Å²) in [5.74, 6) is 0.175. The third-order valence-corrected chi connectivity index (χ3v) is 3.84. The number of halogens is 1. The molecule has 1 atom stereocenters. The lowest BCUT2D eigenvalue weighted by molar-refractivity contribution is -0.120. The van der Waals surface area contributed by atoms with E-state index in [-0.39, 0.29) is 10.7 Å². The van der Waals surface area contributed by atoms with E-state index in [1.54, 1.807) is 0 Å². The largest absolute Gasteiger partial charge is 0.355 e. The first-order valence-corrected chi connectivity index (χ1v) is 7.14. The summed E-state index contributed by atoms with van der Waals surface area (Å²) in [5, 5.41) is 2.98. The average molecular weight is 276 g/mol. The summed E-state index contributed by atoms with van der Waals surface area (Å²) in [6.07, 6.45) is 11.2. The molecule has 88 valence electrons. The SMILES string of the molecule is O=C1NCCCCCCCCCCC1Br. The molecule has 1 heterocycles. The van der Waals surface area contributed by atoms with Gasteiger partial charge in [-0.2, -0.15) is 0 Å². The summed E-state index contributed by atoms with van der Waals surface area (Å²) in [6, 6.07) is 0. The summed E-state index contributed by atoms with van der Waals surface area (Å²) in [6.45, 7) is 0.848. The van der Waals surface area contributed by atoms with Gasteiger partial charge in [0.25, 0.3) is 0 Å². The van der Waals surface area contributed by atoms with E-state index in [1.165, 1.54) is 44.9 Å². The van der Waals surface area contributed by atoms with Crippen LogP contribution in [0.3, 0.4) is 0 Å². The lowest BCUT2D eigenvalue weighted by Gasteiger charge is -2.09. The highest BCUT2D eigenvalue weighted by Gasteiger charge is 2.13. The second kappa shape index (κ2) is 8.14. The molecule has 1 fully saturated rings. The van der Waals surface area contributed by atoms with Crippen molar-refractivity contribution in [1.82, 2.24) is 5.32 Å². The van der Waals surface area contributed by atoms with Gasteiger partial charge in [-0.1, -0.05) is 60.9 Å². The van der Waals surface area contributed by atoms with Crippen LogP contribution in [0, 0.1) is 0 Å². The maximum Gasteiger partial charge on any atom is 0.233 e. The van der Waals surface area contributed by atoms with Crippen LogP contribution in [0.5, 0.6) is 0 Å². The number of hydrogen-bond acceptors (Lipinski definition) is 1. The number of alkyl halides is 1. The first-order chi connectivity index (χ1) is 7.30. The molecule has 3 heteroatoms. The van der Waals surface area contributed by atoms with Crippen LogP contribution in [0.1, 0.15) is 57.8 Å². The molecule has 15 heavy (non-hydrogen) atoms. The van der Waals surface area contributed by atoms with Gasteiger partial charge in [0, 0.05) is 6.54 Å². The Morgan fingerprint density at radius 3 is 2.13 bits per heavy atom. The van der Waals surface area contributed by atoms with Gasteiger partial charge in [0.2, 0.25) is 5.91 Å². The highest BCUT2D eigenvalue weighted by Crippen LogP contribution is 2.15. The first-order valence-electron chi connectivity index (χ1n) is 6.22. The van der Waals surface area contributed by atoms with Crippen molar-refractivity contribution in [2.75, 3.05) is 6.54 Å². The van der Waals surface area contributed by atoms with Gasteiger partial charge in [0.1, 0.15) is 0 Å². The van der Waals surface area contributed by atoms with Crippen molar-refractivity contribution < 1.29 is 4.79 Å². The molecule has 2 nitrogen and oxygen atoms in total. The summed E-state index contributed by atoms with van der Waals surface area (Å²) >= 11 is 3.45. The second-order valence-corrected chi connectivity index (χ2v) is 5.48. The van der Waals surface area contributed by atoms with Crippen LogP contribution >= 0.6 is 15.9 Å². The maximum absolute atomic E-state index is 11.6. The molecular weight excluding hydrogens is 254 g/mol. The lowest BCUT2D eigenvalue weighted by atomic mass is 10.1. The molecular formula is C12H22BrNO. The van der Waals surface area contributed by atoms with Crippen LogP contribution in [0.15, 0.2) is 0 Å². The monoisotopic (exact) mass is 275 g/mol. The van der Waals surface area contributed by atoms with Crippen molar-refractivity contribution in [2.24, 2.45) is 0 Å². The van der Waals surface area contributed by atoms with Gasteiger partial charge >= 0.3 is 0 Å². The third-order valence-electron chi connectivity index (χ3n) is 2.97. The van der Waals surface area contributed by atoms with Crippen molar-refractivity contribution in [3.63, 3.8) is 0 Å². The molecule has 0 spiro atoms. The van der Waals surface area contributed by atoms with Gasteiger partial charge in [-0.25, -0.2) is 0 Å². The highest BCUT2D eigenvalue weighted by molar-refractivity contribution is 9.10. The number of carbonyl (C=O) groups is 1. The molecule has 0 aromatic carbocycles. The molecule has 1 aliphatic heterocycles. The summed E-state index contributed by atoms with van der Waals surface area (Å²) in [4.78, 5) is 11.6. The highest BCUT2D eigenvalue weighted by atomic mass is 79.9. The number of carbonyl (C=O) groups excluding carboxylic acids is 1. The van der Waals surface area contributed by atoms with Gasteiger partial charge in [0.15, 0.2) is 0 Å². The van der Waals surface area contributed by atoms with Crippen LogP contribution < -0.4 is 5.32 Å². The van der Waals surface area contributed by atoms with Crippen LogP contribution in [-0.4, -0.2) is 17.3 Å². The molecule has 1 saturated heterocycles. The van der Waals surface area contributed by atoms with Gasteiger partial charge in [-0.15, -0.1) is 0 Å². The van der Waals surface area contributed by atoms with Crippen molar-refractivity contribution in [1.29, 1.82) is 0 Å². The Labute approximate surface area is 101 Å². The van der Waals surface area contributed by atoms with Crippen LogP contribution in [0.25, 0.3) is 0 Å². The number of hydrogen-bond donors (Lipinski definition) is 1. The van der Waals surface area contributed by atoms with E-state index in [9.17, 15) is 4.79 Å². The molecule has 0 aromatic rings. The Balaban J connectivity index is 2.27.